The minimum atomic E-state index is 1.24. The summed E-state index contributed by atoms with van der Waals surface area (Å²) in [5, 5.41) is 2.10. The van der Waals surface area contributed by atoms with E-state index in [9.17, 15) is 0 Å². The molecule has 2 aromatic rings. The van der Waals surface area contributed by atoms with E-state index in [-0.39, 0.29) is 0 Å². The summed E-state index contributed by atoms with van der Waals surface area (Å²) < 4.78 is 2.68. The van der Waals surface area contributed by atoms with Gasteiger partial charge in [-0.25, -0.2) is 0 Å². The van der Waals surface area contributed by atoms with Crippen molar-refractivity contribution < 1.29 is 0 Å². The average molecular weight is 224 g/mol. The number of hydrogen-bond acceptors (Lipinski definition) is 3. The first-order valence-electron chi connectivity index (χ1n) is 3.82. The van der Waals surface area contributed by atoms with Crippen LogP contribution in [0.2, 0.25) is 0 Å². The first-order chi connectivity index (χ1) is 6.38. The lowest BCUT2D eigenvalue weighted by atomic mass is 10.5. The van der Waals surface area contributed by atoms with Crippen LogP contribution in [0.4, 0.5) is 0 Å². The van der Waals surface area contributed by atoms with Gasteiger partial charge in [0, 0.05) is 4.88 Å². The lowest BCUT2D eigenvalue weighted by Gasteiger charge is -1.90. The number of rotatable bonds is 3. The first kappa shape index (κ1) is 9.06. The fourth-order valence-electron chi connectivity index (χ4n) is 0.920. The molecule has 0 N–H and O–H groups in total. The van der Waals surface area contributed by atoms with Crippen LogP contribution in [0, 0.1) is 0 Å². The molecule has 13 heavy (non-hydrogen) atoms. The molecule has 0 aliphatic rings. The molecular formula is C10H8S3. The molecule has 0 saturated carbocycles. The molecule has 0 nitrogen and oxygen atoms in total. The van der Waals surface area contributed by atoms with Gasteiger partial charge >= 0.3 is 0 Å². The molecule has 2 heterocycles. The van der Waals surface area contributed by atoms with Crippen LogP contribution in [-0.4, -0.2) is 0 Å². The Morgan fingerprint density at radius 1 is 1.23 bits per heavy atom. The van der Waals surface area contributed by atoms with E-state index < -0.39 is 0 Å². The molecule has 0 spiro atoms. The summed E-state index contributed by atoms with van der Waals surface area (Å²) in [5.41, 5.74) is 0. The van der Waals surface area contributed by atoms with Crippen LogP contribution >= 0.6 is 34.4 Å². The second kappa shape index (κ2) is 4.13. The second-order valence-corrected chi connectivity index (χ2v) is 6.06. The normalized spacial score (nSPS) is 10.2. The molecule has 2 aromatic heterocycles. The molecule has 0 unspecified atom stereocenters. The van der Waals surface area contributed by atoms with E-state index in [0.717, 1.165) is 0 Å². The molecule has 0 aliphatic carbocycles. The van der Waals surface area contributed by atoms with Crippen molar-refractivity contribution in [1.82, 2.24) is 0 Å². The highest BCUT2D eigenvalue weighted by Gasteiger charge is 2.00. The van der Waals surface area contributed by atoms with Crippen molar-refractivity contribution >= 4 is 40.5 Å². The third-order valence-electron chi connectivity index (χ3n) is 1.50. The smallest absolute Gasteiger partial charge is 0.0660 e. The SMILES string of the molecule is C=Cc1ccc(Sc2cccs2)s1. The maximum absolute atomic E-state index is 3.75. The zero-order valence-corrected chi connectivity index (χ0v) is 9.35. The summed E-state index contributed by atoms with van der Waals surface area (Å²) >= 11 is 5.38. The van der Waals surface area contributed by atoms with Crippen molar-refractivity contribution in [3.8, 4) is 0 Å². The molecule has 0 radical (unpaired) electrons. The van der Waals surface area contributed by atoms with E-state index in [0.29, 0.717) is 0 Å². The Labute approximate surface area is 89.9 Å². The van der Waals surface area contributed by atoms with E-state index in [1.807, 2.05) is 17.8 Å². The predicted octanol–water partition coefficient (Wildman–Crippen LogP) is 4.60. The summed E-state index contributed by atoms with van der Waals surface area (Å²) in [7, 11) is 0. The standard InChI is InChI=1S/C10H8S3/c1-2-8-5-6-10(12-8)13-9-4-3-7-11-9/h2-7H,1H2. The molecule has 0 fully saturated rings. The van der Waals surface area contributed by atoms with Gasteiger partial charge in [-0.2, -0.15) is 0 Å². The van der Waals surface area contributed by atoms with Crippen LogP contribution in [0.5, 0.6) is 0 Å². The van der Waals surface area contributed by atoms with Crippen molar-refractivity contribution in [2.45, 2.75) is 8.42 Å². The van der Waals surface area contributed by atoms with Crippen molar-refractivity contribution in [2.24, 2.45) is 0 Å². The molecule has 0 aromatic carbocycles. The van der Waals surface area contributed by atoms with E-state index in [4.69, 9.17) is 0 Å². The van der Waals surface area contributed by atoms with Crippen LogP contribution in [0.25, 0.3) is 6.08 Å². The first-order valence-corrected chi connectivity index (χ1v) is 6.33. The fourth-order valence-corrected chi connectivity index (χ4v) is 3.95. The van der Waals surface area contributed by atoms with E-state index >= 15 is 0 Å². The Kier molecular flexibility index (Phi) is 2.88. The highest BCUT2D eigenvalue weighted by atomic mass is 32.2. The quantitative estimate of drug-likeness (QED) is 0.734. The van der Waals surface area contributed by atoms with Gasteiger partial charge in [-0.05, 0) is 23.6 Å². The molecule has 0 bridgehead atoms. The average Bonchev–Trinajstić information content (AvgIpc) is 2.76. The van der Waals surface area contributed by atoms with Gasteiger partial charge in [0.2, 0.25) is 0 Å². The maximum Gasteiger partial charge on any atom is 0.0660 e. The Balaban J connectivity index is 2.14. The summed E-state index contributed by atoms with van der Waals surface area (Å²) in [6.45, 7) is 3.75. The van der Waals surface area contributed by atoms with Gasteiger partial charge in [-0.1, -0.05) is 30.5 Å². The molecule has 0 amide bonds. The van der Waals surface area contributed by atoms with Crippen LogP contribution in [0.1, 0.15) is 4.88 Å². The molecule has 0 aliphatic heterocycles. The van der Waals surface area contributed by atoms with Crippen molar-refractivity contribution in [2.75, 3.05) is 0 Å². The largest absolute Gasteiger partial charge is 0.137 e. The zero-order valence-electron chi connectivity index (χ0n) is 6.90. The molecule has 3 heteroatoms. The third kappa shape index (κ3) is 2.24. The molecule has 2 rings (SSSR count). The monoisotopic (exact) mass is 224 g/mol. The van der Waals surface area contributed by atoms with E-state index in [2.05, 4.69) is 36.2 Å². The number of hydrogen-bond donors (Lipinski definition) is 0. The van der Waals surface area contributed by atoms with Crippen LogP contribution in [0.15, 0.2) is 44.6 Å². The van der Waals surface area contributed by atoms with Gasteiger partial charge in [-0.3, -0.25) is 0 Å². The van der Waals surface area contributed by atoms with Crippen LogP contribution < -0.4 is 0 Å². The Bertz CT molecular complexity index is 384. The fraction of sp³-hybridized carbons (Fsp3) is 0. The Hall–Kier alpha value is -0.510. The van der Waals surface area contributed by atoms with Crippen molar-refractivity contribution in [3.63, 3.8) is 0 Å². The van der Waals surface area contributed by atoms with E-state index in [1.165, 1.54) is 13.3 Å². The topological polar surface area (TPSA) is 0 Å². The molecule has 0 atom stereocenters. The van der Waals surface area contributed by atoms with Gasteiger partial charge in [0.25, 0.3) is 0 Å². The predicted molar refractivity (Wildman–Crippen MR) is 62.9 cm³/mol. The van der Waals surface area contributed by atoms with Gasteiger partial charge in [0.15, 0.2) is 0 Å². The number of thiophene rings is 2. The molecular weight excluding hydrogens is 216 g/mol. The third-order valence-corrected chi connectivity index (χ3v) is 4.75. The summed E-state index contributed by atoms with van der Waals surface area (Å²) in [6, 6.07) is 8.47. The van der Waals surface area contributed by atoms with E-state index in [1.54, 1.807) is 22.7 Å². The van der Waals surface area contributed by atoms with Gasteiger partial charge < -0.3 is 0 Å². The highest BCUT2D eigenvalue weighted by Crippen LogP contribution is 2.35. The molecule has 0 saturated heterocycles. The van der Waals surface area contributed by atoms with Crippen molar-refractivity contribution in [3.05, 3.63) is 41.1 Å². The zero-order chi connectivity index (χ0) is 9.10. The molecule has 66 valence electrons. The second-order valence-electron chi connectivity index (χ2n) is 2.40. The van der Waals surface area contributed by atoms with Crippen LogP contribution in [-0.2, 0) is 0 Å². The minimum Gasteiger partial charge on any atom is -0.137 e. The summed E-state index contributed by atoms with van der Waals surface area (Å²) in [5.74, 6) is 0. The highest BCUT2D eigenvalue weighted by molar-refractivity contribution is 8.02. The lowest BCUT2D eigenvalue weighted by molar-refractivity contribution is 1.67. The maximum atomic E-state index is 3.75. The summed E-state index contributed by atoms with van der Waals surface area (Å²) in [6.07, 6.45) is 1.89. The van der Waals surface area contributed by atoms with Gasteiger partial charge in [0.05, 0.1) is 8.42 Å². The van der Waals surface area contributed by atoms with Crippen LogP contribution in [0.3, 0.4) is 0 Å². The Morgan fingerprint density at radius 3 is 2.77 bits per heavy atom. The van der Waals surface area contributed by atoms with Crippen molar-refractivity contribution in [1.29, 1.82) is 0 Å². The minimum absolute atomic E-state index is 1.24. The Morgan fingerprint density at radius 2 is 2.15 bits per heavy atom. The lowest BCUT2D eigenvalue weighted by Crippen LogP contribution is -1.55. The van der Waals surface area contributed by atoms with Gasteiger partial charge in [0.1, 0.15) is 0 Å². The summed E-state index contributed by atoms with van der Waals surface area (Å²) in [4.78, 5) is 1.24. The van der Waals surface area contributed by atoms with Gasteiger partial charge in [-0.15, -0.1) is 22.7 Å².